The summed E-state index contributed by atoms with van der Waals surface area (Å²) in [6.07, 6.45) is 42.9. The number of unbranched alkanes of at least 4 members (excludes halogenated alkanes) is 30. The second-order valence-corrected chi connectivity index (χ2v) is 14.5. The van der Waals surface area contributed by atoms with Crippen molar-refractivity contribution in [3.8, 4) is 0 Å². The zero-order valence-electron chi connectivity index (χ0n) is 29.9. The van der Waals surface area contributed by atoms with Gasteiger partial charge in [-0.15, -0.1) is 0 Å². The summed E-state index contributed by atoms with van der Waals surface area (Å²) < 4.78 is 30.0. The van der Waals surface area contributed by atoms with Crippen LogP contribution in [0.5, 0.6) is 0 Å². The molecule has 0 aromatic carbocycles. The predicted octanol–water partition coefficient (Wildman–Crippen LogP) is 13.3. The molecule has 0 saturated heterocycles. The molecule has 2 unspecified atom stereocenters. The Hall–Kier alpha value is 0.806. The summed E-state index contributed by atoms with van der Waals surface area (Å²) in [5, 5.41) is 0. The van der Waals surface area contributed by atoms with Crippen LogP contribution in [0.15, 0.2) is 0 Å². The minimum Gasteiger partial charge on any atom is -0.326 e. The van der Waals surface area contributed by atoms with E-state index in [9.17, 15) is 9.13 Å². The Morgan fingerprint density at radius 3 is 0.644 bits per heavy atom. The Morgan fingerprint density at radius 2 is 0.489 bits per heavy atom. The minimum atomic E-state index is -2.70. The van der Waals surface area contributed by atoms with E-state index >= 15 is 0 Å². The first kappa shape index (κ1) is 50.2. The molecule has 1 radical (unpaired) electrons. The third-order valence-corrected chi connectivity index (χ3v) is 9.35. The number of hydrogen-bond donors (Lipinski definition) is 2. The smallest absolute Gasteiger partial charge is 0.316 e. The van der Waals surface area contributed by atoms with E-state index in [1.54, 1.807) is 0 Å². The molecule has 2 N–H and O–H groups in total. The molecule has 0 aromatic heterocycles. The molecule has 0 aromatic rings. The van der Waals surface area contributed by atoms with Crippen molar-refractivity contribution >= 4 is 16.5 Å². The summed E-state index contributed by atoms with van der Waals surface area (Å²) in [7, 11) is -5.41. The fraction of sp³-hybridized carbons (Fsp3) is 1.00. The fourth-order valence-corrected chi connectivity index (χ4v) is 6.26. The van der Waals surface area contributed by atoms with Gasteiger partial charge in [-0.25, -0.2) is 0 Å². The third kappa shape index (κ3) is 54.5. The molecule has 0 saturated carbocycles. The van der Waals surface area contributed by atoms with E-state index in [4.69, 9.17) is 9.79 Å². The van der Waals surface area contributed by atoms with Crippen LogP contribution in [0.2, 0.25) is 0 Å². The van der Waals surface area contributed by atoms with E-state index in [1.807, 2.05) is 0 Å². The molecular formula is C36H78CoO6P2. The van der Waals surface area contributed by atoms with Crippen molar-refractivity contribution in [2.24, 2.45) is 0 Å². The average Bonchev–Trinajstić information content (AvgIpc) is 3.00. The molecular weight excluding hydrogens is 649 g/mol. The van der Waals surface area contributed by atoms with Crippen molar-refractivity contribution in [1.82, 2.24) is 0 Å². The maximum atomic E-state index is 10.3. The van der Waals surface area contributed by atoms with E-state index in [0.29, 0.717) is 13.2 Å². The van der Waals surface area contributed by atoms with Crippen LogP contribution in [0.25, 0.3) is 0 Å². The SMILES string of the molecule is CCCCCCCCCCCCCCCCCCO[PH](=O)O.CCCCCCCCCCCCCCCCCCO[PH](=O)O.[Co]. The summed E-state index contributed by atoms with van der Waals surface area (Å²) in [5.41, 5.74) is 0. The largest absolute Gasteiger partial charge is 0.326 e. The Labute approximate surface area is 292 Å². The van der Waals surface area contributed by atoms with E-state index in [-0.39, 0.29) is 16.8 Å². The van der Waals surface area contributed by atoms with E-state index in [0.717, 1.165) is 25.7 Å². The Balaban J connectivity index is -0.000000767. The molecule has 0 rings (SSSR count). The summed E-state index contributed by atoms with van der Waals surface area (Å²) in [4.78, 5) is 17.0. The third-order valence-electron chi connectivity index (χ3n) is 8.45. The van der Waals surface area contributed by atoms with Crippen LogP contribution in [0, 0.1) is 0 Å². The van der Waals surface area contributed by atoms with Crippen LogP contribution >= 0.6 is 16.5 Å². The zero-order chi connectivity index (χ0) is 32.6. The molecule has 0 spiro atoms. The Bertz CT molecular complexity index is 524. The van der Waals surface area contributed by atoms with Crippen LogP contribution < -0.4 is 0 Å². The minimum absolute atomic E-state index is 0. The average molecular weight is 728 g/mol. The van der Waals surface area contributed by atoms with Gasteiger partial charge in [-0.3, -0.25) is 9.13 Å². The first-order chi connectivity index (χ1) is 21.5. The maximum Gasteiger partial charge on any atom is 0.316 e. The maximum absolute atomic E-state index is 10.3. The molecule has 0 heterocycles. The van der Waals surface area contributed by atoms with Crippen molar-refractivity contribution in [3.63, 3.8) is 0 Å². The number of hydrogen-bond acceptors (Lipinski definition) is 4. The van der Waals surface area contributed by atoms with Crippen molar-refractivity contribution in [2.45, 2.75) is 219 Å². The van der Waals surface area contributed by atoms with Crippen LogP contribution in [0.3, 0.4) is 0 Å². The normalized spacial score (nSPS) is 12.4. The van der Waals surface area contributed by atoms with Crippen LogP contribution in [0.1, 0.15) is 219 Å². The van der Waals surface area contributed by atoms with Gasteiger partial charge < -0.3 is 18.8 Å². The summed E-state index contributed by atoms with van der Waals surface area (Å²) in [5.74, 6) is 0. The van der Waals surface area contributed by atoms with E-state index < -0.39 is 16.5 Å². The van der Waals surface area contributed by atoms with E-state index in [2.05, 4.69) is 22.9 Å². The van der Waals surface area contributed by atoms with Crippen molar-refractivity contribution in [3.05, 3.63) is 0 Å². The van der Waals surface area contributed by atoms with Crippen molar-refractivity contribution in [1.29, 1.82) is 0 Å². The molecule has 0 amide bonds. The molecule has 277 valence electrons. The van der Waals surface area contributed by atoms with Gasteiger partial charge in [-0.2, -0.15) is 0 Å². The van der Waals surface area contributed by atoms with Crippen LogP contribution in [-0.4, -0.2) is 23.0 Å². The fourth-order valence-electron chi connectivity index (χ4n) is 5.62. The molecule has 0 bridgehead atoms. The topological polar surface area (TPSA) is 93.1 Å². The molecule has 6 nitrogen and oxygen atoms in total. The second-order valence-electron chi connectivity index (χ2n) is 12.8. The molecule has 0 fully saturated rings. The van der Waals surface area contributed by atoms with Gasteiger partial charge >= 0.3 is 16.5 Å². The molecule has 9 heteroatoms. The van der Waals surface area contributed by atoms with Gasteiger partial charge in [0.05, 0.1) is 13.2 Å². The van der Waals surface area contributed by atoms with Crippen LogP contribution in [-0.2, 0) is 35.0 Å². The van der Waals surface area contributed by atoms with Crippen molar-refractivity contribution in [2.75, 3.05) is 13.2 Å². The summed E-state index contributed by atoms with van der Waals surface area (Å²) >= 11 is 0. The van der Waals surface area contributed by atoms with Gasteiger partial charge in [-0.1, -0.05) is 206 Å². The molecule has 2 atom stereocenters. The molecule has 0 aliphatic carbocycles. The molecule has 0 aliphatic rings. The quantitative estimate of drug-likeness (QED) is 0.0493. The van der Waals surface area contributed by atoms with E-state index in [1.165, 1.54) is 180 Å². The van der Waals surface area contributed by atoms with Gasteiger partial charge in [-0.05, 0) is 12.8 Å². The molecule has 45 heavy (non-hydrogen) atoms. The van der Waals surface area contributed by atoms with Gasteiger partial charge in [0.25, 0.3) is 0 Å². The standard InChI is InChI=1S/2C18H39O3P.Co/c2*1-2-3-4-5-6-7-8-9-10-11-12-13-14-15-16-17-18-21-22(19)20;/h2*22H,2-18H2,1H3,(H,19,20);. The van der Waals surface area contributed by atoms with Gasteiger partial charge in [0.2, 0.25) is 0 Å². The molecule has 0 aliphatic heterocycles. The second kappa shape index (κ2) is 46.9. The van der Waals surface area contributed by atoms with Gasteiger partial charge in [0.1, 0.15) is 0 Å². The first-order valence-corrected chi connectivity index (χ1v) is 21.8. The summed E-state index contributed by atoms with van der Waals surface area (Å²) in [6, 6.07) is 0. The Morgan fingerprint density at radius 1 is 0.333 bits per heavy atom. The monoisotopic (exact) mass is 727 g/mol. The van der Waals surface area contributed by atoms with Gasteiger partial charge in [0, 0.05) is 16.8 Å². The summed E-state index contributed by atoms with van der Waals surface area (Å²) in [6.45, 7) is 5.42. The Kier molecular flexibility index (Phi) is 52.3. The van der Waals surface area contributed by atoms with Crippen LogP contribution in [0.4, 0.5) is 0 Å². The predicted molar refractivity (Wildman–Crippen MR) is 193 cm³/mol. The number of rotatable bonds is 36. The van der Waals surface area contributed by atoms with Gasteiger partial charge in [0.15, 0.2) is 0 Å². The zero-order valence-corrected chi connectivity index (χ0v) is 32.9. The first-order valence-electron chi connectivity index (χ1n) is 19.3. The van der Waals surface area contributed by atoms with Crippen molar-refractivity contribution < 1.29 is 44.7 Å².